The van der Waals surface area contributed by atoms with Crippen molar-refractivity contribution in [2.24, 2.45) is 0 Å². The minimum atomic E-state index is -4.24. The smallest absolute Gasteiger partial charge is 0.390 e. The lowest BCUT2D eigenvalue weighted by molar-refractivity contribution is -0.138. The topological polar surface area (TPSA) is 96.9 Å². The Kier molecular flexibility index (Phi) is 9.49. The van der Waals surface area contributed by atoms with Gasteiger partial charge >= 0.3 is 6.18 Å². The third-order valence-corrected chi connectivity index (χ3v) is 7.15. The summed E-state index contributed by atoms with van der Waals surface area (Å²) in [5.74, 6) is -4.04. The first-order valence-electron chi connectivity index (χ1n) is 12.7. The van der Waals surface area contributed by atoms with Crippen LogP contribution in [0.3, 0.4) is 0 Å². The van der Waals surface area contributed by atoms with Gasteiger partial charge in [0.25, 0.3) is 5.91 Å². The molecule has 4 N–H and O–H groups in total. The van der Waals surface area contributed by atoms with Crippen LogP contribution in [0, 0.1) is 11.6 Å². The maximum Gasteiger partial charge on any atom is 0.390 e. The molecule has 2 aromatic rings. The number of benzene rings is 2. The Labute approximate surface area is 232 Å². The lowest BCUT2D eigenvalue weighted by atomic mass is 10.1. The van der Waals surface area contributed by atoms with E-state index in [1.54, 1.807) is 11.0 Å². The van der Waals surface area contributed by atoms with E-state index in [0.717, 1.165) is 6.07 Å². The van der Waals surface area contributed by atoms with Gasteiger partial charge in [-0.05, 0) is 30.7 Å². The molecule has 2 amide bonds. The molecule has 14 heteroatoms. The molecule has 0 saturated carbocycles. The standard InChI is InChI=1S/C26H29ClF5N5O3/c27-16-2-4-19(21(11-16)37-9-7-36(8-10-37)6-5-26(30,31)32)35-24(39)18-3-1-15(22(28)23(18)29)13-34-25(40)20-12-17(38)14-33-20/h1-4,11,17,20,33,38H,5-10,12-14H2,(H,34,40)(H,35,39). The van der Waals surface area contributed by atoms with Gasteiger partial charge in [0.05, 0.1) is 35.5 Å². The first-order chi connectivity index (χ1) is 18.9. The minimum absolute atomic E-state index is 0.110. The molecule has 2 unspecified atom stereocenters. The van der Waals surface area contributed by atoms with Crippen LogP contribution in [0.2, 0.25) is 5.02 Å². The van der Waals surface area contributed by atoms with Crippen LogP contribution in [0.15, 0.2) is 30.3 Å². The molecule has 40 heavy (non-hydrogen) atoms. The third kappa shape index (κ3) is 7.59. The second-order valence-corrected chi connectivity index (χ2v) is 10.2. The number of hydrogen-bond donors (Lipinski definition) is 4. The second kappa shape index (κ2) is 12.7. The summed E-state index contributed by atoms with van der Waals surface area (Å²) in [4.78, 5) is 28.7. The lowest BCUT2D eigenvalue weighted by Gasteiger charge is -2.37. The number of rotatable bonds is 8. The van der Waals surface area contributed by atoms with Gasteiger partial charge in [0.15, 0.2) is 11.6 Å². The van der Waals surface area contributed by atoms with Gasteiger partial charge in [0.2, 0.25) is 5.91 Å². The van der Waals surface area contributed by atoms with Gasteiger partial charge in [-0.15, -0.1) is 0 Å². The Balaban J connectivity index is 1.40. The number of carbonyl (C=O) groups is 2. The van der Waals surface area contributed by atoms with Crippen LogP contribution in [-0.4, -0.2) is 79.4 Å². The van der Waals surface area contributed by atoms with E-state index in [1.165, 1.54) is 18.2 Å². The van der Waals surface area contributed by atoms with E-state index in [-0.39, 0.29) is 37.3 Å². The van der Waals surface area contributed by atoms with Crippen LogP contribution in [-0.2, 0) is 11.3 Å². The summed E-state index contributed by atoms with van der Waals surface area (Å²) in [5, 5.41) is 17.8. The molecule has 2 atom stereocenters. The summed E-state index contributed by atoms with van der Waals surface area (Å²) in [7, 11) is 0. The molecule has 0 bridgehead atoms. The van der Waals surface area contributed by atoms with E-state index in [1.807, 2.05) is 4.90 Å². The molecule has 0 radical (unpaired) electrons. The highest BCUT2D eigenvalue weighted by Crippen LogP contribution is 2.31. The number of carbonyl (C=O) groups excluding carboxylic acids is 2. The molecular formula is C26H29ClF5N5O3. The highest BCUT2D eigenvalue weighted by atomic mass is 35.5. The number of anilines is 2. The average Bonchev–Trinajstić information content (AvgIpc) is 3.35. The van der Waals surface area contributed by atoms with Crippen LogP contribution in [0.5, 0.6) is 0 Å². The molecule has 2 fully saturated rings. The molecular weight excluding hydrogens is 561 g/mol. The Morgan fingerprint density at radius 3 is 2.45 bits per heavy atom. The zero-order valence-corrected chi connectivity index (χ0v) is 22.1. The highest BCUT2D eigenvalue weighted by Gasteiger charge is 2.30. The predicted octanol–water partition coefficient (Wildman–Crippen LogP) is 3.28. The molecule has 0 aromatic heterocycles. The molecule has 2 aliphatic rings. The van der Waals surface area contributed by atoms with Crippen molar-refractivity contribution in [2.45, 2.75) is 37.7 Å². The molecule has 0 spiro atoms. The van der Waals surface area contributed by atoms with E-state index in [0.29, 0.717) is 36.9 Å². The summed E-state index contributed by atoms with van der Waals surface area (Å²) in [6.45, 7) is 1.32. The molecule has 2 aliphatic heterocycles. The van der Waals surface area contributed by atoms with Crippen molar-refractivity contribution in [1.82, 2.24) is 15.5 Å². The second-order valence-electron chi connectivity index (χ2n) is 9.78. The van der Waals surface area contributed by atoms with Crippen LogP contribution < -0.4 is 20.9 Å². The summed E-state index contributed by atoms with van der Waals surface area (Å²) in [6.07, 6.45) is -5.58. The normalized spacial score (nSPS) is 20.0. The predicted molar refractivity (Wildman–Crippen MR) is 139 cm³/mol. The fourth-order valence-corrected chi connectivity index (χ4v) is 4.85. The van der Waals surface area contributed by atoms with Crippen LogP contribution in [0.1, 0.15) is 28.8 Å². The number of piperazine rings is 1. The molecule has 0 aliphatic carbocycles. The van der Waals surface area contributed by atoms with Crippen molar-refractivity contribution < 1.29 is 36.6 Å². The summed E-state index contributed by atoms with van der Waals surface area (Å²) >= 11 is 6.15. The number of alkyl halides is 3. The Morgan fingerprint density at radius 1 is 1.07 bits per heavy atom. The number of amides is 2. The number of aliphatic hydroxyl groups excluding tert-OH is 1. The van der Waals surface area contributed by atoms with Crippen molar-refractivity contribution in [3.63, 3.8) is 0 Å². The van der Waals surface area contributed by atoms with E-state index >= 15 is 0 Å². The van der Waals surface area contributed by atoms with Crippen molar-refractivity contribution in [2.75, 3.05) is 49.5 Å². The first kappa shape index (κ1) is 30.0. The first-order valence-corrected chi connectivity index (χ1v) is 13.1. The number of hydrogen-bond acceptors (Lipinski definition) is 6. The van der Waals surface area contributed by atoms with Crippen LogP contribution in [0.4, 0.5) is 33.3 Å². The minimum Gasteiger partial charge on any atom is -0.392 e. The quantitative estimate of drug-likeness (QED) is 0.353. The summed E-state index contributed by atoms with van der Waals surface area (Å²) < 4.78 is 67.4. The number of nitrogens with one attached hydrogen (secondary N) is 3. The van der Waals surface area contributed by atoms with Crippen molar-refractivity contribution >= 4 is 34.8 Å². The van der Waals surface area contributed by atoms with E-state index in [2.05, 4.69) is 16.0 Å². The van der Waals surface area contributed by atoms with Crippen molar-refractivity contribution in [3.8, 4) is 0 Å². The van der Waals surface area contributed by atoms with Crippen molar-refractivity contribution in [3.05, 3.63) is 58.1 Å². The Morgan fingerprint density at radius 2 is 1.80 bits per heavy atom. The third-order valence-electron chi connectivity index (χ3n) is 6.92. The van der Waals surface area contributed by atoms with Gasteiger partial charge in [0.1, 0.15) is 0 Å². The number of halogens is 6. The lowest BCUT2D eigenvalue weighted by Crippen LogP contribution is -2.47. The van der Waals surface area contributed by atoms with Crippen LogP contribution in [0.25, 0.3) is 0 Å². The molecule has 2 aromatic carbocycles. The van der Waals surface area contributed by atoms with Gasteiger partial charge in [-0.1, -0.05) is 17.7 Å². The zero-order valence-electron chi connectivity index (χ0n) is 21.3. The zero-order chi connectivity index (χ0) is 29.0. The van der Waals surface area contributed by atoms with Gasteiger partial charge in [0, 0.05) is 56.4 Å². The van der Waals surface area contributed by atoms with Gasteiger partial charge in [-0.2, -0.15) is 13.2 Å². The molecule has 2 heterocycles. The van der Waals surface area contributed by atoms with E-state index in [4.69, 9.17) is 11.6 Å². The maximum atomic E-state index is 14.9. The van der Waals surface area contributed by atoms with Crippen molar-refractivity contribution in [1.29, 1.82) is 0 Å². The number of nitrogens with zero attached hydrogens (tertiary/aromatic N) is 2. The monoisotopic (exact) mass is 589 g/mol. The maximum absolute atomic E-state index is 14.9. The van der Waals surface area contributed by atoms with Gasteiger partial charge < -0.3 is 26.0 Å². The molecule has 218 valence electrons. The van der Waals surface area contributed by atoms with E-state index in [9.17, 15) is 36.6 Å². The Bertz CT molecular complexity index is 1240. The van der Waals surface area contributed by atoms with Gasteiger partial charge in [-0.25, -0.2) is 8.78 Å². The van der Waals surface area contributed by atoms with Gasteiger partial charge in [-0.3, -0.25) is 14.5 Å². The number of β-amino-alcohol motifs (C(OH)–C–C–N with tert-alkyl or cyclic N) is 1. The molecule has 4 rings (SSSR count). The highest BCUT2D eigenvalue weighted by molar-refractivity contribution is 6.31. The SMILES string of the molecule is O=C(Nc1ccc(Cl)cc1N1CCN(CCC(F)(F)F)CC1)c1ccc(CNC(=O)C2CC(O)CN2)c(F)c1F. The largest absolute Gasteiger partial charge is 0.392 e. The fraction of sp³-hybridized carbons (Fsp3) is 0.462. The molecule has 2 saturated heterocycles. The Hall–Kier alpha value is -3.00. The summed E-state index contributed by atoms with van der Waals surface area (Å²) in [6, 6.07) is 6.29. The van der Waals surface area contributed by atoms with E-state index < -0.39 is 53.8 Å². The van der Waals surface area contributed by atoms with Crippen LogP contribution >= 0.6 is 11.6 Å². The molecule has 8 nitrogen and oxygen atoms in total. The number of aliphatic hydroxyl groups is 1. The fourth-order valence-electron chi connectivity index (χ4n) is 4.68. The average molecular weight is 590 g/mol. The summed E-state index contributed by atoms with van der Waals surface area (Å²) in [5.41, 5.74) is 0.0743.